The van der Waals surface area contributed by atoms with Crippen molar-refractivity contribution in [1.29, 1.82) is 0 Å². The van der Waals surface area contributed by atoms with Gasteiger partial charge < -0.3 is 20.3 Å². The topological polar surface area (TPSA) is 83.6 Å². The molecule has 2 aromatic carbocycles. The van der Waals surface area contributed by atoms with Crippen LogP contribution in [0, 0.1) is 5.82 Å². The van der Waals surface area contributed by atoms with Crippen molar-refractivity contribution >= 4 is 29.0 Å². The van der Waals surface area contributed by atoms with Crippen LogP contribution in [0.4, 0.5) is 21.6 Å². The van der Waals surface area contributed by atoms with Crippen LogP contribution in [0.2, 0.25) is 0 Å². The first-order valence-electron chi connectivity index (χ1n) is 10.9. The summed E-state index contributed by atoms with van der Waals surface area (Å²) in [7, 11) is 0. The van der Waals surface area contributed by atoms with Crippen molar-refractivity contribution in [3.63, 3.8) is 0 Å². The number of para-hydroxylation sites is 2. The second-order valence-electron chi connectivity index (χ2n) is 7.72. The molecule has 1 aliphatic rings. The van der Waals surface area contributed by atoms with E-state index in [1.54, 1.807) is 42.6 Å². The number of nitrogens with one attached hydrogen (secondary N) is 2. The van der Waals surface area contributed by atoms with E-state index in [1.807, 2.05) is 6.07 Å². The smallest absolute Gasteiger partial charge is 0.262 e. The second-order valence-corrected chi connectivity index (χ2v) is 7.72. The van der Waals surface area contributed by atoms with E-state index in [1.165, 1.54) is 37.5 Å². The van der Waals surface area contributed by atoms with E-state index < -0.39 is 17.6 Å². The minimum atomic E-state index is -0.538. The van der Waals surface area contributed by atoms with Gasteiger partial charge in [0, 0.05) is 13.1 Å². The molecule has 7 nitrogen and oxygen atoms in total. The maximum atomic E-state index is 13.7. The van der Waals surface area contributed by atoms with Crippen molar-refractivity contribution in [1.82, 2.24) is 4.98 Å². The number of benzene rings is 2. The van der Waals surface area contributed by atoms with E-state index in [-0.39, 0.29) is 23.6 Å². The Labute approximate surface area is 191 Å². The van der Waals surface area contributed by atoms with Gasteiger partial charge in [0.05, 0.1) is 23.1 Å². The summed E-state index contributed by atoms with van der Waals surface area (Å²) in [5, 5.41) is 5.21. The van der Waals surface area contributed by atoms with Crippen LogP contribution in [-0.4, -0.2) is 36.5 Å². The molecule has 3 aromatic rings. The van der Waals surface area contributed by atoms with E-state index >= 15 is 0 Å². The lowest BCUT2D eigenvalue weighted by Gasteiger charge is -2.28. The molecule has 2 heterocycles. The monoisotopic (exact) mass is 448 g/mol. The summed E-state index contributed by atoms with van der Waals surface area (Å²) in [6.07, 6.45) is 5.36. The molecule has 2 N–H and O–H groups in total. The van der Waals surface area contributed by atoms with Crippen molar-refractivity contribution in [2.75, 3.05) is 35.2 Å². The molecule has 0 unspecified atom stereocenters. The number of amides is 2. The summed E-state index contributed by atoms with van der Waals surface area (Å²) in [4.78, 5) is 31.6. The van der Waals surface area contributed by atoms with Crippen molar-refractivity contribution in [2.45, 2.75) is 19.3 Å². The first-order chi connectivity index (χ1) is 16.1. The molecule has 1 aliphatic heterocycles. The fraction of sp³-hybridized carbons (Fsp3) is 0.240. The molecular weight excluding hydrogens is 423 g/mol. The predicted octanol–water partition coefficient (Wildman–Crippen LogP) is 4.48. The maximum Gasteiger partial charge on any atom is 0.262 e. The molecule has 0 spiro atoms. The Morgan fingerprint density at radius 3 is 2.45 bits per heavy atom. The molecule has 0 atom stereocenters. The standard InChI is InChI=1S/C25H25FN4O3/c26-20-9-3-4-10-21(20)28-24(31)17-33-22-11-5-2-8-19(22)25(32)29-23-13-12-18(16-27-23)30-14-6-1-7-15-30/h2-5,8-13,16H,1,6-7,14-15,17H2,(H,28,31)(H,27,29,32). The number of halogens is 1. The molecule has 0 radical (unpaired) electrons. The molecule has 4 rings (SSSR count). The first kappa shape index (κ1) is 22.3. The number of hydrogen-bond acceptors (Lipinski definition) is 5. The number of anilines is 3. The molecule has 0 bridgehead atoms. The second kappa shape index (κ2) is 10.6. The van der Waals surface area contributed by atoms with Crippen LogP contribution in [0.1, 0.15) is 29.6 Å². The van der Waals surface area contributed by atoms with E-state index in [0.29, 0.717) is 5.82 Å². The summed E-state index contributed by atoms with van der Waals surface area (Å²) < 4.78 is 19.2. The number of aromatic nitrogens is 1. The van der Waals surface area contributed by atoms with Crippen molar-refractivity contribution in [3.8, 4) is 5.75 Å². The average Bonchev–Trinajstić information content (AvgIpc) is 2.85. The van der Waals surface area contributed by atoms with Crippen LogP contribution in [0.25, 0.3) is 0 Å². The Hall–Kier alpha value is -3.94. The van der Waals surface area contributed by atoms with E-state index in [4.69, 9.17) is 4.74 Å². The zero-order valence-electron chi connectivity index (χ0n) is 18.1. The minimum Gasteiger partial charge on any atom is -0.483 e. The highest BCUT2D eigenvalue weighted by Gasteiger charge is 2.16. The Kier molecular flexibility index (Phi) is 7.14. The summed E-state index contributed by atoms with van der Waals surface area (Å²) in [6.45, 7) is 1.66. The van der Waals surface area contributed by atoms with E-state index in [2.05, 4.69) is 20.5 Å². The van der Waals surface area contributed by atoms with Crippen LogP contribution < -0.4 is 20.3 Å². The Bertz CT molecular complexity index is 1110. The highest BCUT2D eigenvalue weighted by Crippen LogP contribution is 2.22. The number of rotatable bonds is 7. The number of carbonyl (C=O) groups excluding carboxylic acids is 2. The van der Waals surface area contributed by atoms with Gasteiger partial charge in [-0.1, -0.05) is 24.3 Å². The highest BCUT2D eigenvalue weighted by molar-refractivity contribution is 6.05. The fourth-order valence-corrected chi connectivity index (χ4v) is 3.66. The first-order valence-corrected chi connectivity index (χ1v) is 10.9. The summed E-state index contributed by atoms with van der Waals surface area (Å²) in [5.41, 5.74) is 1.37. The highest BCUT2D eigenvalue weighted by atomic mass is 19.1. The lowest BCUT2D eigenvalue weighted by molar-refractivity contribution is -0.118. The van der Waals surface area contributed by atoms with Gasteiger partial charge in [0.1, 0.15) is 17.4 Å². The van der Waals surface area contributed by atoms with Gasteiger partial charge in [-0.2, -0.15) is 0 Å². The fourth-order valence-electron chi connectivity index (χ4n) is 3.66. The van der Waals surface area contributed by atoms with Crippen molar-refractivity contribution in [3.05, 3.63) is 78.2 Å². The van der Waals surface area contributed by atoms with Gasteiger partial charge >= 0.3 is 0 Å². The SMILES string of the molecule is O=C(COc1ccccc1C(=O)Nc1ccc(N2CCCCC2)cn1)Nc1ccccc1F. The van der Waals surface area contributed by atoms with E-state index in [0.717, 1.165) is 18.8 Å². The summed E-state index contributed by atoms with van der Waals surface area (Å²) >= 11 is 0. The zero-order chi connectivity index (χ0) is 23.0. The molecule has 33 heavy (non-hydrogen) atoms. The minimum absolute atomic E-state index is 0.0659. The van der Waals surface area contributed by atoms with Gasteiger partial charge in [0.25, 0.3) is 11.8 Å². The number of nitrogens with zero attached hydrogens (tertiary/aromatic N) is 2. The summed E-state index contributed by atoms with van der Waals surface area (Å²) in [5.74, 6) is -0.815. The van der Waals surface area contributed by atoms with Gasteiger partial charge in [-0.25, -0.2) is 9.37 Å². The van der Waals surface area contributed by atoms with Crippen LogP contribution in [0.15, 0.2) is 66.9 Å². The van der Waals surface area contributed by atoms with Gasteiger partial charge in [0.2, 0.25) is 0 Å². The van der Waals surface area contributed by atoms with Crippen molar-refractivity contribution in [2.24, 2.45) is 0 Å². The Balaban J connectivity index is 1.36. The van der Waals surface area contributed by atoms with E-state index in [9.17, 15) is 14.0 Å². The molecule has 1 fully saturated rings. The van der Waals surface area contributed by atoms with Crippen LogP contribution >= 0.6 is 0 Å². The molecule has 0 aliphatic carbocycles. The Morgan fingerprint density at radius 1 is 0.939 bits per heavy atom. The third-order valence-corrected chi connectivity index (χ3v) is 5.35. The number of pyridine rings is 1. The molecule has 2 amide bonds. The lowest BCUT2D eigenvalue weighted by Crippen LogP contribution is -2.29. The van der Waals surface area contributed by atoms with Crippen LogP contribution in [0.3, 0.4) is 0 Å². The zero-order valence-corrected chi connectivity index (χ0v) is 18.1. The summed E-state index contributed by atoms with van der Waals surface area (Å²) in [6, 6.07) is 16.2. The average molecular weight is 448 g/mol. The normalized spacial score (nSPS) is 13.3. The number of hydrogen-bond donors (Lipinski definition) is 2. The third-order valence-electron chi connectivity index (χ3n) is 5.35. The maximum absolute atomic E-state index is 13.7. The number of piperidine rings is 1. The molecular formula is C25H25FN4O3. The number of ether oxygens (including phenoxy) is 1. The van der Waals surface area contributed by atoms with Crippen molar-refractivity contribution < 1.29 is 18.7 Å². The number of carbonyl (C=O) groups is 2. The Morgan fingerprint density at radius 2 is 1.70 bits per heavy atom. The van der Waals surface area contributed by atoms with Gasteiger partial charge in [-0.05, 0) is 55.7 Å². The molecule has 170 valence electrons. The third kappa shape index (κ3) is 5.85. The molecule has 1 saturated heterocycles. The van der Waals surface area contributed by atoms with Crippen LogP contribution in [0.5, 0.6) is 5.75 Å². The lowest BCUT2D eigenvalue weighted by atomic mass is 10.1. The van der Waals surface area contributed by atoms with Gasteiger partial charge in [-0.3, -0.25) is 9.59 Å². The largest absolute Gasteiger partial charge is 0.483 e. The quantitative estimate of drug-likeness (QED) is 0.557. The molecule has 0 saturated carbocycles. The molecule has 8 heteroatoms. The van der Waals surface area contributed by atoms with Gasteiger partial charge in [0.15, 0.2) is 6.61 Å². The molecule has 1 aromatic heterocycles. The predicted molar refractivity (Wildman–Crippen MR) is 125 cm³/mol. The van der Waals surface area contributed by atoms with Gasteiger partial charge in [-0.15, -0.1) is 0 Å². The van der Waals surface area contributed by atoms with Crippen LogP contribution in [-0.2, 0) is 4.79 Å².